The van der Waals surface area contributed by atoms with Crippen molar-refractivity contribution in [1.82, 2.24) is 19.9 Å². The summed E-state index contributed by atoms with van der Waals surface area (Å²) in [5, 5.41) is 13.9. The molecule has 1 aliphatic heterocycles. The zero-order valence-electron chi connectivity index (χ0n) is 14.8. The maximum Gasteiger partial charge on any atom is 0.310 e. The molecule has 4 rings (SSSR count). The van der Waals surface area contributed by atoms with Crippen LogP contribution in [0.4, 0.5) is 10.3 Å². The van der Waals surface area contributed by atoms with E-state index in [1.807, 2.05) is 12.3 Å². The van der Waals surface area contributed by atoms with Crippen LogP contribution in [0.3, 0.4) is 0 Å². The molecular formula is C18H16FN5O3S. The Labute approximate surface area is 163 Å². The Hall–Kier alpha value is -3.14. The molecule has 2 N–H and O–H groups in total. The third-order valence-corrected chi connectivity index (χ3v) is 5.51. The predicted octanol–water partition coefficient (Wildman–Crippen LogP) is 2.56. The number of rotatable bonds is 5. The van der Waals surface area contributed by atoms with Crippen LogP contribution in [-0.4, -0.2) is 49.9 Å². The fourth-order valence-corrected chi connectivity index (χ4v) is 3.78. The molecule has 0 aliphatic carbocycles. The van der Waals surface area contributed by atoms with Crippen LogP contribution in [0, 0.1) is 11.7 Å². The molecule has 1 amide bonds. The van der Waals surface area contributed by atoms with Crippen molar-refractivity contribution in [2.24, 2.45) is 5.92 Å². The number of fused-ring (bicyclic) bond motifs is 1. The Morgan fingerprint density at radius 2 is 2.14 bits per heavy atom. The zero-order chi connectivity index (χ0) is 19.8. The molecule has 0 aromatic carbocycles. The summed E-state index contributed by atoms with van der Waals surface area (Å²) in [6.07, 6.45) is 2.67. The topological polar surface area (TPSA) is 108 Å². The van der Waals surface area contributed by atoms with Gasteiger partial charge in [0.2, 0.25) is 5.95 Å². The summed E-state index contributed by atoms with van der Waals surface area (Å²) in [5.74, 6) is -1.98. The summed E-state index contributed by atoms with van der Waals surface area (Å²) in [5.41, 5.74) is 1.47. The SMILES string of the molecule is C[C@H](Nc1nc(C(=O)N2CC(C(=O)O)C2)c2sccc2n1)c1cncc(F)c1. The van der Waals surface area contributed by atoms with Crippen molar-refractivity contribution in [2.45, 2.75) is 13.0 Å². The van der Waals surface area contributed by atoms with Gasteiger partial charge in [0, 0.05) is 19.3 Å². The second-order valence-corrected chi connectivity index (χ2v) is 7.49. The molecule has 0 radical (unpaired) electrons. The van der Waals surface area contributed by atoms with Crippen LogP contribution in [0.25, 0.3) is 10.2 Å². The van der Waals surface area contributed by atoms with Gasteiger partial charge in [-0.25, -0.2) is 14.4 Å². The molecule has 0 spiro atoms. The normalized spacial score (nSPS) is 15.3. The highest BCUT2D eigenvalue weighted by Gasteiger charge is 2.37. The molecule has 4 heterocycles. The Morgan fingerprint density at radius 1 is 1.36 bits per heavy atom. The molecule has 1 aliphatic rings. The highest BCUT2D eigenvalue weighted by atomic mass is 32.1. The first-order valence-electron chi connectivity index (χ1n) is 8.56. The first kappa shape index (κ1) is 18.2. The third-order valence-electron chi connectivity index (χ3n) is 4.60. The lowest BCUT2D eigenvalue weighted by atomic mass is 10.00. The summed E-state index contributed by atoms with van der Waals surface area (Å²) in [6, 6.07) is 2.82. The molecule has 3 aromatic rings. The van der Waals surface area contributed by atoms with E-state index in [1.54, 1.807) is 12.3 Å². The number of likely N-dealkylation sites (tertiary alicyclic amines) is 1. The van der Waals surface area contributed by atoms with E-state index < -0.39 is 17.7 Å². The number of amides is 1. The molecule has 0 unspecified atom stereocenters. The number of aromatic nitrogens is 3. The van der Waals surface area contributed by atoms with Crippen molar-refractivity contribution in [2.75, 3.05) is 18.4 Å². The zero-order valence-corrected chi connectivity index (χ0v) is 15.6. The highest BCUT2D eigenvalue weighted by Crippen LogP contribution is 2.28. The molecule has 0 saturated carbocycles. The first-order chi connectivity index (χ1) is 13.4. The summed E-state index contributed by atoms with van der Waals surface area (Å²) < 4.78 is 14.1. The average Bonchev–Trinajstić information content (AvgIpc) is 3.07. The molecule has 144 valence electrons. The molecule has 28 heavy (non-hydrogen) atoms. The molecule has 8 nitrogen and oxygen atoms in total. The number of pyridine rings is 1. The second kappa shape index (κ2) is 7.12. The van der Waals surface area contributed by atoms with Gasteiger partial charge in [0.25, 0.3) is 5.91 Å². The fourth-order valence-electron chi connectivity index (χ4n) is 2.97. The second-order valence-electron chi connectivity index (χ2n) is 6.58. The van der Waals surface area contributed by atoms with Crippen LogP contribution < -0.4 is 5.32 Å². The van der Waals surface area contributed by atoms with E-state index in [-0.39, 0.29) is 36.7 Å². The number of nitrogens with zero attached hydrogens (tertiary/aromatic N) is 4. The minimum absolute atomic E-state index is 0.166. The third kappa shape index (κ3) is 3.38. The minimum Gasteiger partial charge on any atom is -0.481 e. The predicted molar refractivity (Wildman–Crippen MR) is 101 cm³/mol. The maximum atomic E-state index is 13.4. The van der Waals surface area contributed by atoms with Gasteiger partial charge in [-0.1, -0.05) is 0 Å². The number of anilines is 1. The van der Waals surface area contributed by atoms with E-state index in [2.05, 4.69) is 20.3 Å². The number of aliphatic carboxylic acids is 1. The van der Waals surface area contributed by atoms with Crippen molar-refractivity contribution in [3.8, 4) is 0 Å². The minimum atomic E-state index is -0.909. The highest BCUT2D eigenvalue weighted by molar-refractivity contribution is 7.17. The van der Waals surface area contributed by atoms with Crippen molar-refractivity contribution >= 4 is 39.4 Å². The number of halogens is 1. The monoisotopic (exact) mass is 401 g/mol. The van der Waals surface area contributed by atoms with Gasteiger partial charge in [0.15, 0.2) is 5.69 Å². The van der Waals surface area contributed by atoms with E-state index in [0.717, 1.165) is 6.20 Å². The molecule has 1 saturated heterocycles. The molecule has 10 heteroatoms. The number of carboxylic acids is 1. The molecular weight excluding hydrogens is 385 g/mol. The molecule has 0 bridgehead atoms. The number of nitrogens with one attached hydrogen (secondary N) is 1. The largest absolute Gasteiger partial charge is 0.481 e. The number of thiophene rings is 1. The molecule has 1 atom stereocenters. The van der Waals surface area contributed by atoms with Gasteiger partial charge in [-0.15, -0.1) is 11.3 Å². The van der Waals surface area contributed by atoms with Gasteiger partial charge >= 0.3 is 5.97 Å². The Balaban J connectivity index is 1.60. The lowest BCUT2D eigenvalue weighted by Gasteiger charge is -2.36. The average molecular weight is 401 g/mol. The summed E-state index contributed by atoms with van der Waals surface area (Å²) in [4.78, 5) is 37.9. The maximum absolute atomic E-state index is 13.4. The molecule has 1 fully saturated rings. The van der Waals surface area contributed by atoms with E-state index in [4.69, 9.17) is 5.11 Å². The van der Waals surface area contributed by atoms with Crippen LogP contribution in [0.1, 0.15) is 29.0 Å². The lowest BCUT2D eigenvalue weighted by molar-refractivity contribution is -0.146. The quantitative estimate of drug-likeness (QED) is 0.676. The van der Waals surface area contributed by atoms with Crippen molar-refractivity contribution in [3.05, 3.63) is 47.0 Å². The van der Waals surface area contributed by atoms with Crippen LogP contribution in [0.5, 0.6) is 0 Å². The first-order valence-corrected chi connectivity index (χ1v) is 9.44. The summed E-state index contributed by atoms with van der Waals surface area (Å²) in [6.45, 7) is 2.14. The summed E-state index contributed by atoms with van der Waals surface area (Å²) in [7, 11) is 0. The van der Waals surface area contributed by atoms with E-state index in [9.17, 15) is 14.0 Å². The van der Waals surface area contributed by atoms with Crippen LogP contribution in [0.15, 0.2) is 29.9 Å². The fraction of sp³-hybridized carbons (Fsp3) is 0.278. The smallest absolute Gasteiger partial charge is 0.310 e. The van der Waals surface area contributed by atoms with Crippen LogP contribution >= 0.6 is 11.3 Å². The Bertz CT molecular complexity index is 1070. The van der Waals surface area contributed by atoms with Crippen molar-refractivity contribution < 1.29 is 19.1 Å². The van der Waals surface area contributed by atoms with Crippen molar-refractivity contribution in [3.63, 3.8) is 0 Å². The van der Waals surface area contributed by atoms with Gasteiger partial charge in [0.05, 0.1) is 28.4 Å². The van der Waals surface area contributed by atoms with Gasteiger partial charge in [-0.2, -0.15) is 0 Å². The Morgan fingerprint density at radius 3 is 2.86 bits per heavy atom. The van der Waals surface area contributed by atoms with E-state index in [1.165, 1.54) is 22.3 Å². The van der Waals surface area contributed by atoms with Gasteiger partial charge in [-0.05, 0) is 30.0 Å². The van der Waals surface area contributed by atoms with Gasteiger partial charge < -0.3 is 15.3 Å². The van der Waals surface area contributed by atoms with Gasteiger partial charge in [0.1, 0.15) is 5.82 Å². The summed E-state index contributed by atoms with van der Waals surface area (Å²) >= 11 is 1.35. The number of carboxylic acid groups (broad SMARTS) is 1. The Kier molecular flexibility index (Phi) is 4.63. The lowest BCUT2D eigenvalue weighted by Crippen LogP contribution is -2.53. The number of hydrogen-bond acceptors (Lipinski definition) is 7. The van der Waals surface area contributed by atoms with Crippen molar-refractivity contribution in [1.29, 1.82) is 0 Å². The van der Waals surface area contributed by atoms with E-state index in [0.29, 0.717) is 15.8 Å². The number of carbonyl (C=O) groups is 2. The van der Waals surface area contributed by atoms with Crippen LogP contribution in [-0.2, 0) is 4.79 Å². The van der Waals surface area contributed by atoms with Crippen LogP contribution in [0.2, 0.25) is 0 Å². The molecule has 3 aromatic heterocycles. The van der Waals surface area contributed by atoms with E-state index >= 15 is 0 Å². The van der Waals surface area contributed by atoms with Gasteiger partial charge in [-0.3, -0.25) is 14.6 Å². The number of hydrogen-bond donors (Lipinski definition) is 2. The standard InChI is InChI=1S/C18H16FN5O3S/c1-9(10-4-12(19)6-20-5-10)21-18-22-13-2-3-28-15(13)14(23-18)16(25)24-7-11(8-24)17(26)27/h2-6,9,11H,7-8H2,1H3,(H,26,27)(H,21,22,23)/t9-/m0/s1. The number of carbonyl (C=O) groups excluding carboxylic acids is 1.